The minimum Gasteiger partial charge on any atom is -0.508 e. The standard InChI is InChI=1S/C18H16N2O5/c1-11(25-18(24)12-6-8-13(21)9-7-12)17(23)20-10-16(22)19-14-4-2-3-5-15(14)20/h2-9,11,21H,10H2,1H3,(H,19,22)/t11-/m0/s1. The first kappa shape index (κ1) is 16.5. The molecule has 2 amide bonds. The normalized spacial score (nSPS) is 14.3. The zero-order chi connectivity index (χ0) is 18.0. The van der Waals surface area contributed by atoms with E-state index in [1.165, 1.54) is 36.1 Å². The highest BCUT2D eigenvalue weighted by Gasteiger charge is 2.31. The molecule has 0 spiro atoms. The maximum atomic E-state index is 12.7. The van der Waals surface area contributed by atoms with Crippen LogP contribution in [0.3, 0.4) is 0 Å². The Balaban J connectivity index is 1.75. The van der Waals surface area contributed by atoms with Gasteiger partial charge in [-0.2, -0.15) is 0 Å². The molecule has 7 heteroatoms. The maximum Gasteiger partial charge on any atom is 0.338 e. The lowest BCUT2D eigenvalue weighted by atomic mass is 10.1. The molecule has 0 fully saturated rings. The molecule has 1 heterocycles. The van der Waals surface area contributed by atoms with Crippen LogP contribution in [0.25, 0.3) is 0 Å². The minimum absolute atomic E-state index is 0.0246. The Bertz CT molecular complexity index is 832. The third-order valence-electron chi connectivity index (χ3n) is 3.77. The van der Waals surface area contributed by atoms with E-state index in [-0.39, 0.29) is 23.8 Å². The molecule has 7 nitrogen and oxygen atoms in total. The van der Waals surface area contributed by atoms with Crippen molar-refractivity contribution in [3.8, 4) is 5.75 Å². The molecule has 2 N–H and O–H groups in total. The summed E-state index contributed by atoms with van der Waals surface area (Å²) < 4.78 is 5.20. The number of para-hydroxylation sites is 2. The van der Waals surface area contributed by atoms with Gasteiger partial charge in [-0.05, 0) is 43.3 Å². The zero-order valence-corrected chi connectivity index (χ0v) is 13.4. The van der Waals surface area contributed by atoms with E-state index < -0.39 is 18.0 Å². The molecule has 0 aromatic heterocycles. The summed E-state index contributed by atoms with van der Waals surface area (Å²) in [4.78, 5) is 37.9. The lowest BCUT2D eigenvalue weighted by Crippen LogP contribution is -2.47. The lowest BCUT2D eigenvalue weighted by Gasteiger charge is -2.30. The number of amides is 2. The van der Waals surface area contributed by atoms with E-state index in [4.69, 9.17) is 4.74 Å². The van der Waals surface area contributed by atoms with Crippen LogP contribution in [-0.2, 0) is 14.3 Å². The molecule has 25 heavy (non-hydrogen) atoms. The van der Waals surface area contributed by atoms with Gasteiger partial charge in [-0.25, -0.2) is 4.79 Å². The highest BCUT2D eigenvalue weighted by atomic mass is 16.5. The van der Waals surface area contributed by atoms with Crippen molar-refractivity contribution in [2.24, 2.45) is 0 Å². The number of nitrogens with zero attached hydrogens (tertiary/aromatic N) is 1. The molecule has 0 bridgehead atoms. The minimum atomic E-state index is -1.07. The SMILES string of the molecule is C[C@H](OC(=O)c1ccc(O)cc1)C(=O)N1CC(=O)Nc2ccccc21. The number of aromatic hydroxyl groups is 1. The molecular formula is C18H16N2O5. The quantitative estimate of drug-likeness (QED) is 0.832. The predicted molar refractivity (Wildman–Crippen MR) is 90.4 cm³/mol. The number of anilines is 2. The number of hydrogen-bond acceptors (Lipinski definition) is 5. The first-order valence-electron chi connectivity index (χ1n) is 7.66. The largest absolute Gasteiger partial charge is 0.508 e. The number of carbonyl (C=O) groups is 3. The molecule has 0 unspecified atom stereocenters. The monoisotopic (exact) mass is 340 g/mol. The smallest absolute Gasteiger partial charge is 0.338 e. The fourth-order valence-electron chi connectivity index (χ4n) is 2.53. The molecule has 0 radical (unpaired) electrons. The van der Waals surface area contributed by atoms with Crippen LogP contribution < -0.4 is 10.2 Å². The second-order valence-electron chi connectivity index (χ2n) is 5.58. The van der Waals surface area contributed by atoms with E-state index in [1.807, 2.05) is 0 Å². The van der Waals surface area contributed by atoms with Crippen molar-refractivity contribution in [3.63, 3.8) is 0 Å². The summed E-state index contributed by atoms with van der Waals surface area (Å²) in [5.74, 6) is -1.47. The highest BCUT2D eigenvalue weighted by Crippen LogP contribution is 2.29. The zero-order valence-electron chi connectivity index (χ0n) is 13.4. The number of phenolic OH excluding ortho intramolecular Hbond substituents is 1. The van der Waals surface area contributed by atoms with Gasteiger partial charge < -0.3 is 15.2 Å². The van der Waals surface area contributed by atoms with Gasteiger partial charge in [-0.1, -0.05) is 12.1 Å². The van der Waals surface area contributed by atoms with E-state index in [2.05, 4.69) is 5.32 Å². The second-order valence-corrected chi connectivity index (χ2v) is 5.58. The van der Waals surface area contributed by atoms with E-state index in [0.29, 0.717) is 11.4 Å². The lowest BCUT2D eigenvalue weighted by molar-refractivity contribution is -0.128. The Morgan fingerprint density at radius 1 is 1.16 bits per heavy atom. The molecule has 128 valence electrons. The van der Waals surface area contributed by atoms with Crippen LogP contribution >= 0.6 is 0 Å². The van der Waals surface area contributed by atoms with E-state index in [0.717, 1.165) is 0 Å². The molecule has 1 aliphatic rings. The van der Waals surface area contributed by atoms with Crippen LogP contribution in [-0.4, -0.2) is 35.5 Å². The number of phenols is 1. The van der Waals surface area contributed by atoms with Crippen LogP contribution in [0, 0.1) is 0 Å². The third-order valence-corrected chi connectivity index (χ3v) is 3.77. The third kappa shape index (κ3) is 3.45. The molecular weight excluding hydrogens is 324 g/mol. The van der Waals surface area contributed by atoms with Crippen molar-refractivity contribution in [2.45, 2.75) is 13.0 Å². The van der Waals surface area contributed by atoms with Gasteiger partial charge in [0, 0.05) is 0 Å². The Labute approximate surface area is 143 Å². The number of hydrogen-bond donors (Lipinski definition) is 2. The highest BCUT2D eigenvalue weighted by molar-refractivity contribution is 6.11. The van der Waals surface area contributed by atoms with Crippen molar-refractivity contribution in [1.29, 1.82) is 0 Å². The van der Waals surface area contributed by atoms with Gasteiger partial charge in [0.15, 0.2) is 6.10 Å². The van der Waals surface area contributed by atoms with Gasteiger partial charge in [0.05, 0.1) is 16.9 Å². The summed E-state index contributed by atoms with van der Waals surface area (Å²) in [6, 6.07) is 12.4. The first-order valence-corrected chi connectivity index (χ1v) is 7.66. The van der Waals surface area contributed by atoms with Crippen molar-refractivity contribution in [1.82, 2.24) is 0 Å². The van der Waals surface area contributed by atoms with Gasteiger partial charge in [-0.15, -0.1) is 0 Å². The number of carbonyl (C=O) groups excluding carboxylic acids is 3. The van der Waals surface area contributed by atoms with Crippen molar-refractivity contribution < 1.29 is 24.2 Å². The molecule has 1 aliphatic heterocycles. The summed E-state index contributed by atoms with van der Waals surface area (Å²) >= 11 is 0. The van der Waals surface area contributed by atoms with Crippen LogP contribution in [0.15, 0.2) is 48.5 Å². The van der Waals surface area contributed by atoms with E-state index in [1.54, 1.807) is 24.3 Å². The van der Waals surface area contributed by atoms with Crippen LogP contribution in [0.2, 0.25) is 0 Å². The van der Waals surface area contributed by atoms with Crippen LogP contribution in [0.4, 0.5) is 11.4 Å². The first-order chi connectivity index (χ1) is 12.0. The van der Waals surface area contributed by atoms with Gasteiger partial charge in [0.2, 0.25) is 5.91 Å². The molecule has 1 atom stereocenters. The summed E-state index contributed by atoms with van der Waals surface area (Å²) in [5, 5.41) is 11.9. The van der Waals surface area contributed by atoms with Gasteiger partial charge in [-0.3, -0.25) is 14.5 Å². The van der Waals surface area contributed by atoms with E-state index in [9.17, 15) is 19.5 Å². The van der Waals surface area contributed by atoms with Crippen LogP contribution in [0.5, 0.6) is 5.75 Å². The topological polar surface area (TPSA) is 95.9 Å². The number of nitrogens with one attached hydrogen (secondary N) is 1. The number of rotatable bonds is 3. The Morgan fingerprint density at radius 2 is 1.84 bits per heavy atom. The average molecular weight is 340 g/mol. The Kier molecular flexibility index (Phi) is 4.38. The number of fused-ring (bicyclic) bond motifs is 1. The number of esters is 1. The number of benzene rings is 2. The molecule has 3 rings (SSSR count). The van der Waals surface area contributed by atoms with Gasteiger partial charge in [0.25, 0.3) is 5.91 Å². The van der Waals surface area contributed by atoms with Gasteiger partial charge >= 0.3 is 5.97 Å². The van der Waals surface area contributed by atoms with Crippen molar-refractivity contribution >= 4 is 29.2 Å². The van der Waals surface area contributed by atoms with Gasteiger partial charge in [0.1, 0.15) is 12.3 Å². The van der Waals surface area contributed by atoms with Crippen molar-refractivity contribution in [3.05, 3.63) is 54.1 Å². The maximum absolute atomic E-state index is 12.7. The summed E-state index contributed by atoms with van der Waals surface area (Å²) in [6.45, 7) is 1.31. The molecule has 0 saturated carbocycles. The summed E-state index contributed by atoms with van der Waals surface area (Å²) in [5.41, 5.74) is 1.30. The second kappa shape index (κ2) is 6.64. The predicted octanol–water partition coefficient (Wildman–Crippen LogP) is 1.92. The molecule has 0 aliphatic carbocycles. The fraction of sp³-hybridized carbons (Fsp3) is 0.167. The average Bonchev–Trinajstić information content (AvgIpc) is 2.60. The Morgan fingerprint density at radius 3 is 2.56 bits per heavy atom. The summed E-state index contributed by atoms with van der Waals surface area (Å²) in [7, 11) is 0. The van der Waals surface area contributed by atoms with E-state index >= 15 is 0 Å². The van der Waals surface area contributed by atoms with Crippen LogP contribution in [0.1, 0.15) is 17.3 Å². The molecule has 0 saturated heterocycles. The number of ether oxygens (including phenoxy) is 1. The molecule has 2 aromatic rings. The Hall–Kier alpha value is -3.35. The molecule has 2 aromatic carbocycles. The summed E-state index contributed by atoms with van der Waals surface area (Å²) in [6.07, 6.45) is -1.07. The fourth-order valence-corrected chi connectivity index (χ4v) is 2.53. The van der Waals surface area contributed by atoms with Crippen molar-refractivity contribution in [2.75, 3.05) is 16.8 Å².